The molecule has 1 atom stereocenters. The Labute approximate surface area is 457 Å². The Balaban J connectivity index is 4.28. The maximum Gasteiger partial charge on any atom is 0.306 e. The number of ether oxygens (including phenoxy) is 3. The summed E-state index contributed by atoms with van der Waals surface area (Å²) in [5.41, 5.74) is 0. The molecule has 0 rings (SSSR count). The zero-order chi connectivity index (χ0) is 53.2. The van der Waals surface area contributed by atoms with Gasteiger partial charge in [-0.15, -0.1) is 0 Å². The summed E-state index contributed by atoms with van der Waals surface area (Å²) in [6.07, 6.45) is 66.8. The van der Waals surface area contributed by atoms with Crippen LogP contribution in [0.5, 0.6) is 0 Å². The molecule has 0 bridgehead atoms. The molecule has 0 aliphatic carbocycles. The zero-order valence-electron chi connectivity index (χ0n) is 50.3. The maximum absolute atomic E-state index is 12.9. The van der Waals surface area contributed by atoms with Crippen LogP contribution >= 0.6 is 0 Å². The summed E-state index contributed by atoms with van der Waals surface area (Å²) in [6, 6.07) is 0. The number of hydrogen-bond donors (Lipinski definition) is 0. The van der Waals surface area contributed by atoms with E-state index in [0.29, 0.717) is 19.3 Å². The van der Waals surface area contributed by atoms with Gasteiger partial charge in [0.1, 0.15) is 13.2 Å². The summed E-state index contributed by atoms with van der Waals surface area (Å²) >= 11 is 0. The lowest BCUT2D eigenvalue weighted by atomic mass is 10.0. The highest BCUT2D eigenvalue weighted by molar-refractivity contribution is 5.71. The molecule has 0 amide bonds. The van der Waals surface area contributed by atoms with E-state index in [-0.39, 0.29) is 31.1 Å². The van der Waals surface area contributed by atoms with E-state index in [1.165, 1.54) is 270 Å². The van der Waals surface area contributed by atoms with E-state index in [1.807, 2.05) is 0 Å². The molecule has 0 saturated carbocycles. The lowest BCUT2D eigenvalue weighted by Gasteiger charge is -2.18. The average Bonchev–Trinajstić information content (AvgIpc) is 3.37. The molecule has 0 aliphatic rings. The van der Waals surface area contributed by atoms with Gasteiger partial charge in [0.05, 0.1) is 0 Å². The molecule has 0 aliphatic heterocycles. The van der Waals surface area contributed by atoms with Crippen molar-refractivity contribution in [1.82, 2.24) is 0 Å². The summed E-state index contributed by atoms with van der Waals surface area (Å²) in [5, 5.41) is 0. The van der Waals surface area contributed by atoms with Gasteiger partial charge in [0.15, 0.2) is 6.10 Å². The van der Waals surface area contributed by atoms with Crippen molar-refractivity contribution in [2.45, 2.75) is 387 Å². The summed E-state index contributed by atoms with van der Waals surface area (Å²) in [4.78, 5) is 38.4. The van der Waals surface area contributed by atoms with E-state index >= 15 is 0 Å². The fraction of sp³-hybridized carbons (Fsp3) is 0.955. The topological polar surface area (TPSA) is 78.9 Å². The molecule has 0 aromatic rings. The van der Waals surface area contributed by atoms with Gasteiger partial charge in [0.2, 0.25) is 0 Å². The number of hydrogen-bond acceptors (Lipinski definition) is 6. The number of rotatable bonds is 61. The number of esters is 3. The second-order valence-corrected chi connectivity index (χ2v) is 24.1. The van der Waals surface area contributed by atoms with Gasteiger partial charge in [0.25, 0.3) is 0 Å². The van der Waals surface area contributed by atoms with Crippen LogP contribution in [0.15, 0.2) is 0 Å². The molecule has 6 nitrogen and oxygen atoms in total. The molecule has 6 heteroatoms. The van der Waals surface area contributed by atoms with Crippen LogP contribution in [0.25, 0.3) is 0 Å². The Hall–Kier alpha value is -1.59. The third-order valence-electron chi connectivity index (χ3n) is 15.5. The highest BCUT2D eigenvalue weighted by atomic mass is 16.6. The van der Waals surface area contributed by atoms with Gasteiger partial charge >= 0.3 is 17.9 Å². The molecule has 0 aromatic carbocycles. The van der Waals surface area contributed by atoms with Crippen molar-refractivity contribution in [3.05, 3.63) is 0 Å². The molecule has 0 fully saturated rings. The van der Waals surface area contributed by atoms with Gasteiger partial charge in [-0.2, -0.15) is 0 Å². The molecule has 0 aromatic heterocycles. The Morgan fingerprint density at radius 2 is 0.452 bits per heavy atom. The number of carbonyl (C=O) groups excluding carboxylic acids is 3. The summed E-state index contributed by atoms with van der Waals surface area (Å²) in [7, 11) is 0. The normalized spacial score (nSPS) is 12.0. The monoisotopic (exact) mass is 1030 g/mol. The van der Waals surface area contributed by atoms with E-state index in [9.17, 15) is 14.4 Å². The van der Waals surface area contributed by atoms with E-state index < -0.39 is 6.10 Å². The minimum Gasteiger partial charge on any atom is -0.462 e. The van der Waals surface area contributed by atoms with Crippen molar-refractivity contribution in [3.8, 4) is 0 Å². The highest BCUT2D eigenvalue weighted by Crippen LogP contribution is 2.19. The standard InChI is InChI=1S/C67H130O6/c1-6-7-8-9-10-11-12-13-14-15-16-17-22-27-32-37-42-47-52-57-65(68)71-60-64(73-67(70)59-54-49-44-39-34-29-24-19-21-26-31-36-41-46-51-56-63(4)5)61-72-66(69)58-53-48-43-38-33-28-23-18-20-25-30-35-40-45-50-55-62(2)3/h62-64H,6-61H2,1-5H3/t64-/m1/s1. The molecule has 0 saturated heterocycles. The van der Waals surface area contributed by atoms with E-state index in [2.05, 4.69) is 34.6 Å². The van der Waals surface area contributed by atoms with Crippen LogP contribution in [-0.2, 0) is 28.6 Å². The largest absolute Gasteiger partial charge is 0.462 e. The fourth-order valence-electron chi connectivity index (χ4n) is 10.5. The Morgan fingerprint density at radius 3 is 0.671 bits per heavy atom. The van der Waals surface area contributed by atoms with E-state index in [4.69, 9.17) is 14.2 Å². The van der Waals surface area contributed by atoms with Gasteiger partial charge in [-0.05, 0) is 31.1 Å². The Bertz CT molecular complexity index is 1120. The van der Waals surface area contributed by atoms with Gasteiger partial charge in [-0.25, -0.2) is 0 Å². The summed E-state index contributed by atoms with van der Waals surface area (Å²) in [5.74, 6) is 0.869. The fourth-order valence-corrected chi connectivity index (χ4v) is 10.5. The third-order valence-corrected chi connectivity index (χ3v) is 15.5. The lowest BCUT2D eigenvalue weighted by molar-refractivity contribution is -0.167. The Kier molecular flexibility index (Phi) is 58.4. The van der Waals surface area contributed by atoms with Crippen molar-refractivity contribution in [3.63, 3.8) is 0 Å². The smallest absolute Gasteiger partial charge is 0.306 e. The zero-order valence-corrected chi connectivity index (χ0v) is 50.3. The second kappa shape index (κ2) is 59.7. The average molecular weight is 1030 g/mol. The third kappa shape index (κ3) is 61.1. The second-order valence-electron chi connectivity index (χ2n) is 24.1. The van der Waals surface area contributed by atoms with Crippen molar-refractivity contribution in [2.24, 2.45) is 11.8 Å². The molecule has 0 heterocycles. The van der Waals surface area contributed by atoms with Crippen molar-refractivity contribution in [1.29, 1.82) is 0 Å². The van der Waals surface area contributed by atoms with Crippen molar-refractivity contribution >= 4 is 17.9 Å². The van der Waals surface area contributed by atoms with E-state index in [1.54, 1.807) is 0 Å². The predicted molar refractivity (Wildman–Crippen MR) is 316 cm³/mol. The number of unbranched alkanes of at least 4 members (excludes halogenated alkanes) is 46. The minimum absolute atomic E-state index is 0.0615. The minimum atomic E-state index is -0.764. The first kappa shape index (κ1) is 71.4. The molecular weight excluding hydrogens is 901 g/mol. The van der Waals surface area contributed by atoms with Gasteiger partial charge in [-0.3, -0.25) is 14.4 Å². The van der Waals surface area contributed by atoms with Crippen LogP contribution in [-0.4, -0.2) is 37.2 Å². The van der Waals surface area contributed by atoms with Crippen LogP contribution in [0.1, 0.15) is 381 Å². The van der Waals surface area contributed by atoms with Crippen LogP contribution in [0.4, 0.5) is 0 Å². The van der Waals surface area contributed by atoms with E-state index in [0.717, 1.165) is 69.6 Å². The quantitative estimate of drug-likeness (QED) is 0.0343. The van der Waals surface area contributed by atoms with Gasteiger partial charge in [0, 0.05) is 19.3 Å². The predicted octanol–water partition coefficient (Wildman–Crippen LogP) is 22.4. The van der Waals surface area contributed by atoms with Gasteiger partial charge < -0.3 is 14.2 Å². The first-order chi connectivity index (χ1) is 35.7. The first-order valence-electron chi connectivity index (χ1n) is 33.2. The summed E-state index contributed by atoms with van der Waals surface area (Å²) in [6.45, 7) is 11.5. The molecule has 0 spiro atoms. The molecule has 0 radical (unpaired) electrons. The Morgan fingerprint density at radius 1 is 0.260 bits per heavy atom. The molecule has 0 unspecified atom stereocenters. The first-order valence-corrected chi connectivity index (χ1v) is 33.2. The van der Waals surface area contributed by atoms with Crippen LogP contribution in [0.2, 0.25) is 0 Å². The van der Waals surface area contributed by atoms with Crippen molar-refractivity contribution < 1.29 is 28.6 Å². The SMILES string of the molecule is CCCCCCCCCCCCCCCCCCCCCC(=O)OC[C@H](COC(=O)CCCCCCCCCCCCCCCCCC(C)C)OC(=O)CCCCCCCCCCCCCCCCCC(C)C. The maximum atomic E-state index is 12.9. The van der Waals surface area contributed by atoms with Crippen LogP contribution < -0.4 is 0 Å². The lowest BCUT2D eigenvalue weighted by Crippen LogP contribution is -2.30. The molecule has 73 heavy (non-hydrogen) atoms. The summed E-state index contributed by atoms with van der Waals surface area (Å²) < 4.78 is 17.0. The number of carbonyl (C=O) groups is 3. The van der Waals surface area contributed by atoms with Crippen molar-refractivity contribution in [2.75, 3.05) is 13.2 Å². The van der Waals surface area contributed by atoms with Crippen LogP contribution in [0, 0.1) is 11.8 Å². The van der Waals surface area contributed by atoms with Gasteiger partial charge in [-0.1, -0.05) is 343 Å². The molecule has 0 N–H and O–H groups in total. The highest BCUT2D eigenvalue weighted by Gasteiger charge is 2.19. The molecule has 434 valence electrons. The molecular formula is C67H130O6. The van der Waals surface area contributed by atoms with Crippen LogP contribution in [0.3, 0.4) is 0 Å².